The first-order valence-electron chi connectivity index (χ1n) is 10.1. The van der Waals surface area contributed by atoms with E-state index in [4.69, 9.17) is 0 Å². The number of amides is 1. The summed E-state index contributed by atoms with van der Waals surface area (Å²) >= 11 is 1.16. The Morgan fingerprint density at radius 2 is 1.65 bits per heavy atom. The van der Waals surface area contributed by atoms with Gasteiger partial charge < -0.3 is 5.32 Å². The van der Waals surface area contributed by atoms with Crippen molar-refractivity contribution in [3.8, 4) is 11.8 Å². The van der Waals surface area contributed by atoms with E-state index in [0.717, 1.165) is 40.2 Å². The number of hydrogen-bond acceptors (Lipinski definition) is 4. The van der Waals surface area contributed by atoms with Crippen molar-refractivity contribution >= 4 is 33.0 Å². The molecule has 1 aliphatic rings. The number of rotatable bonds is 5. The summed E-state index contributed by atoms with van der Waals surface area (Å²) < 4.78 is 27.1. The lowest BCUT2D eigenvalue weighted by Gasteiger charge is -2.13. The van der Waals surface area contributed by atoms with E-state index in [9.17, 15) is 13.2 Å². The van der Waals surface area contributed by atoms with Crippen molar-refractivity contribution in [3.63, 3.8) is 0 Å². The Balaban J connectivity index is 1.40. The molecule has 0 saturated carbocycles. The van der Waals surface area contributed by atoms with E-state index in [1.54, 1.807) is 12.1 Å². The normalized spacial score (nSPS) is 14.1. The SMILES string of the molecule is O=C(Cc1ccc(S(=O)(=O)N2CCCC2)s1)Nc1cccc(C#Cc2ccccc2)c1. The van der Waals surface area contributed by atoms with Crippen LogP contribution in [0.5, 0.6) is 0 Å². The molecule has 1 aromatic heterocycles. The summed E-state index contributed by atoms with van der Waals surface area (Å²) in [7, 11) is -3.44. The van der Waals surface area contributed by atoms with Crippen molar-refractivity contribution in [2.75, 3.05) is 18.4 Å². The first kappa shape index (κ1) is 21.3. The van der Waals surface area contributed by atoms with Gasteiger partial charge in [0.05, 0.1) is 6.42 Å². The number of nitrogens with zero attached hydrogens (tertiary/aromatic N) is 1. The Bertz CT molecular complexity index is 1230. The van der Waals surface area contributed by atoms with Gasteiger partial charge in [0.15, 0.2) is 0 Å². The van der Waals surface area contributed by atoms with Crippen molar-refractivity contribution in [3.05, 3.63) is 82.7 Å². The molecule has 3 aromatic rings. The molecule has 1 amide bonds. The molecule has 0 radical (unpaired) electrons. The molecule has 7 heteroatoms. The van der Waals surface area contributed by atoms with E-state index in [1.807, 2.05) is 54.6 Å². The number of hydrogen-bond donors (Lipinski definition) is 1. The Labute approximate surface area is 186 Å². The number of carbonyl (C=O) groups excluding carboxylic acids is 1. The third kappa shape index (κ3) is 5.42. The first-order chi connectivity index (χ1) is 15.0. The molecule has 31 heavy (non-hydrogen) atoms. The summed E-state index contributed by atoms with van der Waals surface area (Å²) in [6, 6.07) is 20.4. The van der Waals surface area contributed by atoms with E-state index < -0.39 is 10.0 Å². The van der Waals surface area contributed by atoms with E-state index in [0.29, 0.717) is 23.0 Å². The highest BCUT2D eigenvalue weighted by atomic mass is 32.2. The molecular formula is C24H22N2O3S2. The molecule has 158 valence electrons. The van der Waals surface area contributed by atoms with Crippen LogP contribution in [0.3, 0.4) is 0 Å². The highest BCUT2D eigenvalue weighted by Crippen LogP contribution is 2.27. The van der Waals surface area contributed by atoms with Gasteiger partial charge in [0, 0.05) is 34.8 Å². The second-order valence-corrected chi connectivity index (χ2v) is 10.6. The van der Waals surface area contributed by atoms with Crippen LogP contribution in [0, 0.1) is 11.8 Å². The third-order valence-corrected chi connectivity index (χ3v) is 8.35. The fourth-order valence-corrected chi connectivity index (χ4v) is 6.38. The molecule has 1 fully saturated rings. The van der Waals surface area contributed by atoms with Gasteiger partial charge in [-0.25, -0.2) is 8.42 Å². The van der Waals surface area contributed by atoms with Gasteiger partial charge >= 0.3 is 0 Å². The topological polar surface area (TPSA) is 66.5 Å². The predicted molar refractivity (Wildman–Crippen MR) is 124 cm³/mol. The maximum absolute atomic E-state index is 12.6. The molecule has 1 saturated heterocycles. The maximum Gasteiger partial charge on any atom is 0.252 e. The molecule has 1 aliphatic heterocycles. The summed E-state index contributed by atoms with van der Waals surface area (Å²) in [5, 5.41) is 2.87. The predicted octanol–water partition coefficient (Wildman–Crippen LogP) is 4.11. The van der Waals surface area contributed by atoms with Gasteiger partial charge in [-0.2, -0.15) is 4.31 Å². The molecule has 0 aliphatic carbocycles. The van der Waals surface area contributed by atoms with Crippen LogP contribution in [0.4, 0.5) is 5.69 Å². The van der Waals surface area contributed by atoms with Gasteiger partial charge in [-0.1, -0.05) is 36.1 Å². The number of carbonyl (C=O) groups is 1. The Morgan fingerprint density at radius 3 is 2.42 bits per heavy atom. The molecule has 2 aromatic carbocycles. The minimum Gasteiger partial charge on any atom is -0.326 e. The molecule has 0 spiro atoms. The van der Waals surface area contributed by atoms with Crippen LogP contribution < -0.4 is 5.32 Å². The number of thiophene rings is 1. The van der Waals surface area contributed by atoms with Gasteiger partial charge in [-0.15, -0.1) is 11.3 Å². The lowest BCUT2D eigenvalue weighted by molar-refractivity contribution is -0.115. The van der Waals surface area contributed by atoms with Crippen molar-refractivity contribution in [2.45, 2.75) is 23.5 Å². The van der Waals surface area contributed by atoms with Crippen LogP contribution in [0.15, 0.2) is 70.9 Å². The van der Waals surface area contributed by atoms with E-state index in [2.05, 4.69) is 17.2 Å². The summed E-state index contributed by atoms with van der Waals surface area (Å²) in [6.07, 6.45) is 1.92. The fourth-order valence-electron chi connectivity index (χ4n) is 3.35. The molecular weight excluding hydrogens is 428 g/mol. The minimum absolute atomic E-state index is 0.125. The summed E-state index contributed by atoms with van der Waals surface area (Å²) in [5.41, 5.74) is 2.39. The Hall–Kier alpha value is -2.92. The smallest absolute Gasteiger partial charge is 0.252 e. The molecule has 4 rings (SSSR count). The zero-order chi connectivity index (χ0) is 21.7. The second kappa shape index (κ2) is 9.48. The van der Waals surface area contributed by atoms with Crippen molar-refractivity contribution < 1.29 is 13.2 Å². The van der Waals surface area contributed by atoms with Crippen LogP contribution in [-0.4, -0.2) is 31.7 Å². The Morgan fingerprint density at radius 1 is 0.935 bits per heavy atom. The summed E-state index contributed by atoms with van der Waals surface area (Å²) in [4.78, 5) is 13.2. The molecule has 0 bridgehead atoms. The average molecular weight is 451 g/mol. The van der Waals surface area contributed by atoms with Crippen molar-refractivity contribution in [2.24, 2.45) is 0 Å². The fraction of sp³-hybridized carbons (Fsp3) is 0.208. The highest BCUT2D eigenvalue weighted by Gasteiger charge is 2.28. The molecule has 0 unspecified atom stereocenters. The lowest BCUT2D eigenvalue weighted by atomic mass is 10.1. The van der Waals surface area contributed by atoms with Crippen LogP contribution >= 0.6 is 11.3 Å². The minimum atomic E-state index is -3.44. The largest absolute Gasteiger partial charge is 0.326 e. The first-order valence-corrected chi connectivity index (χ1v) is 12.3. The standard InChI is InChI=1S/C24H22N2O3S2/c27-23(18-22-13-14-24(30-22)31(28,29)26-15-4-5-16-26)25-21-10-6-9-20(17-21)12-11-19-7-2-1-3-8-19/h1-3,6-10,13-14,17H,4-5,15-16,18H2,(H,25,27). The van der Waals surface area contributed by atoms with Gasteiger partial charge in [-0.05, 0) is 55.3 Å². The molecule has 1 N–H and O–H groups in total. The van der Waals surface area contributed by atoms with Gasteiger partial charge in [0.1, 0.15) is 4.21 Å². The number of benzene rings is 2. The second-order valence-electron chi connectivity index (χ2n) is 7.25. The highest BCUT2D eigenvalue weighted by molar-refractivity contribution is 7.91. The summed E-state index contributed by atoms with van der Waals surface area (Å²) in [5.74, 6) is 6.01. The van der Waals surface area contributed by atoms with Gasteiger partial charge in [0.2, 0.25) is 5.91 Å². The number of sulfonamides is 1. The lowest BCUT2D eigenvalue weighted by Crippen LogP contribution is -2.27. The number of anilines is 1. The van der Waals surface area contributed by atoms with Crippen LogP contribution in [0.25, 0.3) is 0 Å². The van der Waals surface area contributed by atoms with Gasteiger partial charge in [-0.3, -0.25) is 4.79 Å². The Kier molecular flexibility index (Phi) is 6.52. The zero-order valence-corrected chi connectivity index (χ0v) is 18.5. The van der Waals surface area contributed by atoms with E-state index in [1.165, 1.54) is 4.31 Å². The monoisotopic (exact) mass is 450 g/mol. The quantitative estimate of drug-likeness (QED) is 0.595. The van der Waals surface area contributed by atoms with E-state index in [-0.39, 0.29) is 12.3 Å². The number of nitrogens with one attached hydrogen (secondary N) is 1. The molecule has 5 nitrogen and oxygen atoms in total. The molecule has 2 heterocycles. The molecule has 0 atom stereocenters. The van der Waals surface area contributed by atoms with Crippen LogP contribution in [0.1, 0.15) is 28.8 Å². The zero-order valence-electron chi connectivity index (χ0n) is 16.9. The van der Waals surface area contributed by atoms with Crippen LogP contribution in [-0.2, 0) is 21.2 Å². The van der Waals surface area contributed by atoms with Gasteiger partial charge in [0.25, 0.3) is 10.0 Å². The van der Waals surface area contributed by atoms with Crippen molar-refractivity contribution in [1.82, 2.24) is 4.31 Å². The summed E-state index contributed by atoms with van der Waals surface area (Å²) in [6.45, 7) is 1.14. The van der Waals surface area contributed by atoms with E-state index >= 15 is 0 Å². The van der Waals surface area contributed by atoms with Crippen molar-refractivity contribution in [1.29, 1.82) is 0 Å². The maximum atomic E-state index is 12.6. The average Bonchev–Trinajstić information content (AvgIpc) is 3.46. The third-order valence-electron chi connectivity index (χ3n) is 4.90. The van der Waals surface area contributed by atoms with Crippen LogP contribution in [0.2, 0.25) is 0 Å².